The van der Waals surface area contributed by atoms with Gasteiger partial charge in [-0.1, -0.05) is 17.7 Å². The number of nitrogens with zero attached hydrogens (tertiary/aromatic N) is 2. The maximum Gasteiger partial charge on any atom is 0.274 e. The van der Waals surface area contributed by atoms with Gasteiger partial charge in [-0.2, -0.15) is 5.10 Å². The van der Waals surface area contributed by atoms with Crippen molar-refractivity contribution >= 4 is 12.0 Å². The SMILES string of the molecule is C[C@@H]1Cc2c(C(=O)N3CCC(=Cc4ccc(F)c(F)c4)CC3)n[nH]c2[C@H](C)O1. The second kappa shape index (κ2) is 7.47. The number of likely N-dealkylation sites (tertiary alicyclic amines) is 1. The third-order valence-corrected chi connectivity index (χ3v) is 5.44. The molecular weight excluding hydrogens is 364 g/mol. The lowest BCUT2D eigenvalue weighted by molar-refractivity contribution is -0.00702. The first kappa shape index (κ1) is 18.8. The molecule has 4 rings (SSSR count). The van der Waals surface area contributed by atoms with Crippen LogP contribution in [0, 0.1) is 11.6 Å². The van der Waals surface area contributed by atoms with E-state index in [-0.39, 0.29) is 18.1 Å². The number of aromatic amines is 1. The van der Waals surface area contributed by atoms with E-state index in [1.807, 2.05) is 24.8 Å². The van der Waals surface area contributed by atoms with Crippen LogP contribution in [0.2, 0.25) is 0 Å². The third-order valence-electron chi connectivity index (χ3n) is 5.44. The van der Waals surface area contributed by atoms with Gasteiger partial charge in [0.05, 0.1) is 17.9 Å². The highest BCUT2D eigenvalue weighted by Crippen LogP contribution is 2.31. The standard InChI is InChI=1S/C21H23F2N3O2/c1-12-9-16-19(13(2)28-12)24-25-20(16)21(27)26-7-5-14(6-8-26)10-15-3-4-17(22)18(23)11-15/h3-4,10-13H,5-9H2,1-2H3,(H,24,25)/t12-,13+/m1/s1. The number of carbonyl (C=O) groups excluding carboxylic acids is 1. The summed E-state index contributed by atoms with van der Waals surface area (Å²) in [7, 11) is 0. The van der Waals surface area contributed by atoms with E-state index in [2.05, 4.69) is 10.2 Å². The summed E-state index contributed by atoms with van der Waals surface area (Å²) in [5.74, 6) is -1.76. The normalized spacial score (nSPS) is 22.1. The smallest absolute Gasteiger partial charge is 0.274 e. The number of halogens is 2. The molecule has 0 spiro atoms. The van der Waals surface area contributed by atoms with E-state index in [1.54, 1.807) is 6.07 Å². The lowest BCUT2D eigenvalue weighted by atomic mass is 9.97. The molecule has 1 saturated heterocycles. The van der Waals surface area contributed by atoms with Crippen LogP contribution < -0.4 is 0 Å². The minimum Gasteiger partial charge on any atom is -0.369 e. The number of H-pyrrole nitrogens is 1. The summed E-state index contributed by atoms with van der Waals surface area (Å²) in [6.07, 6.45) is 3.91. The average Bonchev–Trinajstić information content (AvgIpc) is 3.09. The molecule has 1 fully saturated rings. The summed E-state index contributed by atoms with van der Waals surface area (Å²) in [5.41, 5.74) is 4.09. The molecule has 1 aromatic carbocycles. The van der Waals surface area contributed by atoms with Crippen LogP contribution >= 0.6 is 0 Å². The molecule has 1 amide bonds. The van der Waals surface area contributed by atoms with Gasteiger partial charge < -0.3 is 9.64 Å². The Kier molecular flexibility index (Phi) is 5.02. The van der Waals surface area contributed by atoms with Gasteiger partial charge in [-0.15, -0.1) is 0 Å². The number of piperidine rings is 1. The van der Waals surface area contributed by atoms with E-state index < -0.39 is 11.6 Å². The second-order valence-electron chi connectivity index (χ2n) is 7.53. The Morgan fingerprint density at radius 3 is 2.71 bits per heavy atom. The van der Waals surface area contributed by atoms with Crippen molar-refractivity contribution in [3.8, 4) is 0 Å². The molecule has 2 atom stereocenters. The topological polar surface area (TPSA) is 58.2 Å². The number of carbonyl (C=O) groups is 1. The summed E-state index contributed by atoms with van der Waals surface area (Å²) >= 11 is 0. The molecule has 28 heavy (non-hydrogen) atoms. The first-order valence-electron chi connectivity index (χ1n) is 9.58. The molecule has 148 valence electrons. The number of nitrogens with one attached hydrogen (secondary N) is 1. The summed E-state index contributed by atoms with van der Waals surface area (Å²) in [5, 5.41) is 7.24. The van der Waals surface area contributed by atoms with Gasteiger partial charge in [0.2, 0.25) is 0 Å². The lowest BCUT2D eigenvalue weighted by Crippen LogP contribution is -2.37. The van der Waals surface area contributed by atoms with E-state index in [9.17, 15) is 13.6 Å². The van der Waals surface area contributed by atoms with Gasteiger partial charge in [-0.3, -0.25) is 9.89 Å². The average molecular weight is 387 g/mol. The maximum atomic E-state index is 13.4. The Labute approximate surface area is 162 Å². The first-order valence-corrected chi connectivity index (χ1v) is 9.58. The zero-order valence-corrected chi connectivity index (χ0v) is 16.0. The molecule has 1 N–H and O–H groups in total. The van der Waals surface area contributed by atoms with Crippen LogP contribution in [0.3, 0.4) is 0 Å². The predicted octanol–water partition coefficient (Wildman–Crippen LogP) is 4.03. The van der Waals surface area contributed by atoms with Gasteiger partial charge in [0.1, 0.15) is 0 Å². The molecular formula is C21H23F2N3O2. The minimum atomic E-state index is -0.849. The Hall–Kier alpha value is -2.54. The number of ether oxygens (including phenoxy) is 1. The number of hydrogen-bond donors (Lipinski definition) is 1. The highest BCUT2D eigenvalue weighted by molar-refractivity contribution is 5.94. The lowest BCUT2D eigenvalue weighted by Gasteiger charge is -2.29. The monoisotopic (exact) mass is 387 g/mol. The Balaban J connectivity index is 1.45. The van der Waals surface area contributed by atoms with Crippen LogP contribution in [-0.2, 0) is 11.2 Å². The molecule has 0 saturated carbocycles. The zero-order valence-electron chi connectivity index (χ0n) is 16.0. The molecule has 7 heteroatoms. The van der Waals surface area contributed by atoms with Crippen LogP contribution in [0.15, 0.2) is 23.8 Å². The van der Waals surface area contributed by atoms with Crippen LogP contribution in [0.5, 0.6) is 0 Å². The molecule has 3 heterocycles. The Morgan fingerprint density at radius 1 is 1.25 bits per heavy atom. The van der Waals surface area contributed by atoms with Gasteiger partial charge in [-0.05, 0) is 44.4 Å². The van der Waals surface area contributed by atoms with Crippen LogP contribution in [-0.4, -0.2) is 40.2 Å². The molecule has 2 aliphatic heterocycles. The Morgan fingerprint density at radius 2 is 2.00 bits per heavy atom. The van der Waals surface area contributed by atoms with Crippen molar-refractivity contribution in [2.75, 3.05) is 13.1 Å². The molecule has 0 unspecified atom stereocenters. The van der Waals surface area contributed by atoms with Gasteiger partial charge in [0, 0.05) is 25.1 Å². The number of amides is 1. The molecule has 5 nitrogen and oxygen atoms in total. The maximum absolute atomic E-state index is 13.4. The molecule has 2 aromatic rings. The Bertz CT molecular complexity index is 928. The second-order valence-corrected chi connectivity index (χ2v) is 7.53. The highest BCUT2D eigenvalue weighted by atomic mass is 19.2. The van der Waals surface area contributed by atoms with Crippen molar-refractivity contribution in [3.05, 3.63) is 57.9 Å². The molecule has 0 aliphatic carbocycles. The molecule has 0 bridgehead atoms. The van der Waals surface area contributed by atoms with Crippen molar-refractivity contribution in [1.82, 2.24) is 15.1 Å². The van der Waals surface area contributed by atoms with Crippen molar-refractivity contribution in [2.45, 2.75) is 45.3 Å². The summed E-state index contributed by atoms with van der Waals surface area (Å²) in [4.78, 5) is 14.8. The third kappa shape index (κ3) is 3.58. The van der Waals surface area contributed by atoms with E-state index in [1.165, 1.54) is 6.07 Å². The molecule has 2 aliphatic rings. The van der Waals surface area contributed by atoms with Gasteiger partial charge in [0.15, 0.2) is 17.3 Å². The van der Waals surface area contributed by atoms with Crippen LogP contribution in [0.1, 0.15) is 60.1 Å². The van der Waals surface area contributed by atoms with E-state index >= 15 is 0 Å². The van der Waals surface area contributed by atoms with E-state index in [0.29, 0.717) is 43.6 Å². The van der Waals surface area contributed by atoms with Crippen molar-refractivity contribution in [2.24, 2.45) is 0 Å². The van der Waals surface area contributed by atoms with E-state index in [0.717, 1.165) is 22.9 Å². The van der Waals surface area contributed by atoms with Crippen molar-refractivity contribution in [1.29, 1.82) is 0 Å². The van der Waals surface area contributed by atoms with Crippen LogP contribution in [0.25, 0.3) is 6.08 Å². The number of hydrogen-bond acceptors (Lipinski definition) is 3. The van der Waals surface area contributed by atoms with Gasteiger partial charge in [0.25, 0.3) is 5.91 Å². The van der Waals surface area contributed by atoms with Crippen molar-refractivity contribution in [3.63, 3.8) is 0 Å². The first-order chi connectivity index (χ1) is 13.4. The number of aromatic nitrogens is 2. The van der Waals surface area contributed by atoms with Gasteiger partial charge in [-0.25, -0.2) is 8.78 Å². The summed E-state index contributed by atoms with van der Waals surface area (Å²) in [6.45, 7) is 5.11. The van der Waals surface area contributed by atoms with Crippen LogP contribution in [0.4, 0.5) is 8.78 Å². The highest BCUT2D eigenvalue weighted by Gasteiger charge is 2.32. The fourth-order valence-electron chi connectivity index (χ4n) is 3.98. The largest absolute Gasteiger partial charge is 0.369 e. The van der Waals surface area contributed by atoms with Crippen molar-refractivity contribution < 1.29 is 18.3 Å². The number of fused-ring (bicyclic) bond motifs is 1. The van der Waals surface area contributed by atoms with E-state index in [4.69, 9.17) is 4.74 Å². The fraction of sp³-hybridized carbons (Fsp3) is 0.429. The zero-order chi connectivity index (χ0) is 19.8. The predicted molar refractivity (Wildman–Crippen MR) is 101 cm³/mol. The quantitative estimate of drug-likeness (QED) is 0.846. The number of benzene rings is 1. The fourth-order valence-corrected chi connectivity index (χ4v) is 3.98. The molecule has 1 aromatic heterocycles. The minimum absolute atomic E-state index is 0.0543. The summed E-state index contributed by atoms with van der Waals surface area (Å²) < 4.78 is 32.2. The molecule has 0 radical (unpaired) electrons. The van der Waals surface area contributed by atoms with Gasteiger partial charge >= 0.3 is 0 Å². The number of rotatable bonds is 2. The summed E-state index contributed by atoms with van der Waals surface area (Å²) in [6, 6.07) is 3.89.